The molecule has 0 radical (unpaired) electrons. The Morgan fingerprint density at radius 2 is 1.80 bits per heavy atom. The number of piperazine rings is 1. The maximum atomic E-state index is 13.5. The first-order valence-corrected chi connectivity index (χ1v) is 12.5. The van der Waals surface area contributed by atoms with E-state index in [2.05, 4.69) is 10.6 Å². The van der Waals surface area contributed by atoms with Gasteiger partial charge < -0.3 is 25.3 Å². The summed E-state index contributed by atoms with van der Waals surface area (Å²) < 4.78 is 0. The molecule has 2 N–H and O–H groups in total. The number of carbonyl (C=O) groups is 3. The third-order valence-corrected chi connectivity index (χ3v) is 7.39. The van der Waals surface area contributed by atoms with Crippen LogP contribution in [-0.2, 0) is 9.59 Å². The van der Waals surface area contributed by atoms with E-state index >= 15 is 0 Å². The molecule has 1 unspecified atom stereocenters. The van der Waals surface area contributed by atoms with Gasteiger partial charge >= 0.3 is 6.03 Å². The van der Waals surface area contributed by atoms with Crippen LogP contribution in [0.2, 0.25) is 5.02 Å². The van der Waals surface area contributed by atoms with Crippen LogP contribution in [0.3, 0.4) is 0 Å². The van der Waals surface area contributed by atoms with Crippen molar-refractivity contribution in [1.82, 2.24) is 30.0 Å². The van der Waals surface area contributed by atoms with Crippen LogP contribution in [0.25, 0.3) is 0 Å². The van der Waals surface area contributed by atoms with E-state index in [1.165, 1.54) is 11.3 Å². The molecule has 3 aliphatic rings. The van der Waals surface area contributed by atoms with E-state index in [4.69, 9.17) is 11.6 Å². The van der Waals surface area contributed by atoms with Gasteiger partial charge in [-0.2, -0.15) is 0 Å². The highest BCUT2D eigenvalue weighted by atomic mass is 35.5. The van der Waals surface area contributed by atoms with Gasteiger partial charge in [-0.25, -0.2) is 14.8 Å². The zero-order valence-corrected chi connectivity index (χ0v) is 20.8. The zero-order chi connectivity index (χ0) is 24.5. The van der Waals surface area contributed by atoms with Crippen LogP contribution in [0, 0.1) is 0 Å². The highest BCUT2D eigenvalue weighted by Crippen LogP contribution is 2.27. The fourth-order valence-electron chi connectivity index (χ4n) is 4.45. The lowest BCUT2D eigenvalue weighted by Gasteiger charge is -2.40. The number of urea groups is 1. The van der Waals surface area contributed by atoms with Crippen molar-refractivity contribution in [3.05, 3.63) is 63.6 Å². The van der Waals surface area contributed by atoms with Crippen molar-refractivity contribution >= 4 is 46.5 Å². The Kier molecular flexibility index (Phi) is 6.54. The van der Waals surface area contributed by atoms with Crippen LogP contribution < -0.4 is 10.6 Å². The van der Waals surface area contributed by atoms with Crippen LogP contribution in [0.15, 0.2) is 53.7 Å². The second kappa shape index (κ2) is 9.76. The number of amides is 4. The summed E-state index contributed by atoms with van der Waals surface area (Å²) >= 11 is 7.33. The number of fused-ring (bicyclic) bond motifs is 1. The van der Waals surface area contributed by atoms with Crippen molar-refractivity contribution in [1.29, 1.82) is 0 Å². The topological polar surface area (TPSA) is 91.5 Å². The minimum absolute atomic E-state index is 0.00822. The molecule has 0 aliphatic carbocycles. The molecule has 4 heterocycles. The second-order valence-electron chi connectivity index (χ2n) is 8.63. The molecule has 1 aromatic heterocycles. The predicted molar refractivity (Wildman–Crippen MR) is 133 cm³/mol. The lowest BCUT2D eigenvalue weighted by Crippen LogP contribution is -2.57. The monoisotopic (exact) mass is 515 g/mol. The maximum Gasteiger partial charge on any atom is 0.320 e. The van der Waals surface area contributed by atoms with Gasteiger partial charge in [0.05, 0.1) is 6.67 Å². The van der Waals surface area contributed by atoms with Gasteiger partial charge in [-0.1, -0.05) is 17.7 Å². The smallest absolute Gasteiger partial charge is 0.320 e. The standard InChI is InChI=1S/C23H26ClN7O3S/c1-27-13-18-21(32)31(15-29(18)14-27)30-10-8-28(9-11-30)22(33)20(19-3-2-12-35-19)26-23(34)25-17-6-4-16(24)5-7-17/h2-7,12-13,20H,8-11,14-15H2,1H3,(H2,25,26,34). The summed E-state index contributed by atoms with van der Waals surface area (Å²) in [5, 5.41) is 11.8. The normalized spacial score (nSPS) is 19.0. The quantitative estimate of drug-likeness (QED) is 0.634. The minimum atomic E-state index is -0.798. The molecule has 4 amide bonds. The Morgan fingerprint density at radius 1 is 1.06 bits per heavy atom. The van der Waals surface area contributed by atoms with Crippen LogP contribution >= 0.6 is 22.9 Å². The highest BCUT2D eigenvalue weighted by Gasteiger charge is 2.41. The zero-order valence-electron chi connectivity index (χ0n) is 19.2. The van der Waals surface area contributed by atoms with Crippen molar-refractivity contribution < 1.29 is 14.4 Å². The third-order valence-electron chi connectivity index (χ3n) is 6.20. The van der Waals surface area contributed by atoms with E-state index < -0.39 is 12.1 Å². The van der Waals surface area contributed by atoms with E-state index in [-0.39, 0.29) is 11.8 Å². The molecule has 0 bridgehead atoms. The van der Waals surface area contributed by atoms with Crippen LogP contribution in [-0.4, -0.2) is 89.1 Å². The molecule has 1 aromatic carbocycles. The van der Waals surface area contributed by atoms with E-state index in [0.717, 1.165) is 4.88 Å². The Hall–Kier alpha value is -3.28. The predicted octanol–water partition coefficient (Wildman–Crippen LogP) is 2.17. The summed E-state index contributed by atoms with van der Waals surface area (Å²) in [7, 11) is 1.95. The summed E-state index contributed by atoms with van der Waals surface area (Å²) in [6, 6.07) is 9.18. The van der Waals surface area contributed by atoms with E-state index in [1.807, 2.05) is 45.6 Å². The number of nitrogens with zero attached hydrogens (tertiary/aromatic N) is 5. The van der Waals surface area contributed by atoms with Gasteiger partial charge in [-0.3, -0.25) is 9.59 Å². The van der Waals surface area contributed by atoms with Gasteiger partial charge in [-0.15, -0.1) is 11.3 Å². The first-order valence-electron chi connectivity index (χ1n) is 11.3. The first-order chi connectivity index (χ1) is 16.9. The summed E-state index contributed by atoms with van der Waals surface area (Å²) in [5.41, 5.74) is 1.29. The summed E-state index contributed by atoms with van der Waals surface area (Å²) in [5.74, 6) is -0.179. The molecule has 10 nitrogen and oxygen atoms in total. The van der Waals surface area contributed by atoms with Crippen LogP contribution in [0.4, 0.5) is 10.5 Å². The van der Waals surface area contributed by atoms with Gasteiger partial charge in [0, 0.05) is 55.0 Å². The second-order valence-corrected chi connectivity index (χ2v) is 10.0. The largest absolute Gasteiger partial charge is 0.361 e. The molecule has 2 saturated heterocycles. The van der Waals surface area contributed by atoms with Crippen LogP contribution in [0.1, 0.15) is 10.9 Å². The third kappa shape index (κ3) is 4.93. The number of carbonyl (C=O) groups excluding carboxylic acids is 3. The molecule has 2 aromatic rings. The molecule has 2 fully saturated rings. The molecule has 1 atom stereocenters. The summed E-state index contributed by atoms with van der Waals surface area (Å²) in [6.07, 6.45) is 1.87. The number of hydrazine groups is 1. The van der Waals surface area contributed by atoms with Crippen molar-refractivity contribution in [2.45, 2.75) is 6.04 Å². The van der Waals surface area contributed by atoms with E-state index in [9.17, 15) is 14.4 Å². The molecule has 0 spiro atoms. The molecule has 184 valence electrons. The summed E-state index contributed by atoms with van der Waals surface area (Å²) in [6.45, 7) is 3.23. The van der Waals surface area contributed by atoms with E-state index in [1.54, 1.807) is 34.2 Å². The van der Waals surface area contributed by atoms with Crippen LogP contribution in [0.5, 0.6) is 0 Å². The lowest BCUT2D eigenvalue weighted by atomic mass is 10.2. The number of anilines is 1. The van der Waals surface area contributed by atoms with Crippen molar-refractivity contribution in [3.63, 3.8) is 0 Å². The molecule has 5 rings (SSSR count). The van der Waals surface area contributed by atoms with Gasteiger partial charge in [0.15, 0.2) is 0 Å². The number of halogens is 1. The van der Waals surface area contributed by atoms with E-state index in [0.29, 0.717) is 55.9 Å². The van der Waals surface area contributed by atoms with Gasteiger partial charge in [0.25, 0.3) is 11.8 Å². The lowest BCUT2D eigenvalue weighted by molar-refractivity contribution is -0.149. The Balaban J connectivity index is 1.21. The Labute approximate surface area is 212 Å². The van der Waals surface area contributed by atoms with Gasteiger partial charge in [0.2, 0.25) is 0 Å². The fraction of sp³-hybridized carbons (Fsp3) is 0.348. The minimum Gasteiger partial charge on any atom is -0.361 e. The SMILES string of the molecule is CN1C=C2C(=O)N(N3CCN(C(=O)C(NC(=O)Nc4ccc(Cl)cc4)c4cccs4)CC3)CN2C1. The molecular formula is C23H26ClN7O3S. The summed E-state index contributed by atoms with van der Waals surface area (Å²) in [4.78, 5) is 45.5. The van der Waals surface area contributed by atoms with Crippen molar-refractivity contribution in [2.75, 3.05) is 51.9 Å². The maximum absolute atomic E-state index is 13.5. The van der Waals surface area contributed by atoms with Gasteiger partial charge in [0.1, 0.15) is 18.4 Å². The number of thiophene rings is 1. The number of benzene rings is 1. The number of hydrogen-bond donors (Lipinski definition) is 2. The fourth-order valence-corrected chi connectivity index (χ4v) is 5.34. The molecule has 3 aliphatic heterocycles. The molecular weight excluding hydrogens is 490 g/mol. The molecule has 35 heavy (non-hydrogen) atoms. The average Bonchev–Trinajstić information content (AvgIpc) is 3.57. The first kappa shape index (κ1) is 23.5. The Bertz CT molecular complexity index is 1130. The number of nitrogens with one attached hydrogen (secondary N) is 2. The number of rotatable bonds is 5. The van der Waals surface area contributed by atoms with Crippen molar-refractivity contribution in [3.8, 4) is 0 Å². The molecule has 0 saturated carbocycles. The average molecular weight is 516 g/mol. The number of hydrogen-bond acceptors (Lipinski definition) is 7. The highest BCUT2D eigenvalue weighted by molar-refractivity contribution is 7.10. The van der Waals surface area contributed by atoms with Gasteiger partial charge in [-0.05, 0) is 35.7 Å². The van der Waals surface area contributed by atoms with Crippen molar-refractivity contribution in [2.24, 2.45) is 0 Å². The molecule has 12 heteroatoms. The Morgan fingerprint density at radius 3 is 2.46 bits per heavy atom.